The molecule has 2 aromatic rings. The highest BCUT2D eigenvalue weighted by Gasteiger charge is 2.36. The Morgan fingerprint density at radius 1 is 1.29 bits per heavy atom. The molecule has 2 N–H and O–H groups in total. The lowest BCUT2D eigenvalue weighted by Gasteiger charge is -2.17. The van der Waals surface area contributed by atoms with Crippen LogP contribution in [0.25, 0.3) is 11.5 Å². The van der Waals surface area contributed by atoms with Crippen LogP contribution in [0.1, 0.15) is 57.0 Å². The Kier molecular flexibility index (Phi) is 4.58. The third-order valence-corrected chi connectivity index (χ3v) is 3.89. The highest BCUT2D eigenvalue weighted by molar-refractivity contribution is 5.85. The first-order valence-corrected chi connectivity index (χ1v) is 7.03. The maximum Gasteiger partial charge on any atom is 0.261 e. The molecule has 0 aromatic carbocycles. The minimum atomic E-state index is -0.435. The summed E-state index contributed by atoms with van der Waals surface area (Å²) in [5, 5.41) is 4.08. The van der Waals surface area contributed by atoms with Crippen LogP contribution < -0.4 is 5.73 Å². The summed E-state index contributed by atoms with van der Waals surface area (Å²) >= 11 is 0. The number of rotatable bonds is 3. The van der Waals surface area contributed by atoms with Gasteiger partial charge in [0.25, 0.3) is 5.89 Å². The monoisotopic (exact) mass is 309 g/mol. The summed E-state index contributed by atoms with van der Waals surface area (Å²) < 4.78 is 5.40. The van der Waals surface area contributed by atoms with Crippen molar-refractivity contribution in [2.75, 3.05) is 0 Å². The molecule has 6 nitrogen and oxygen atoms in total. The molecule has 1 aliphatic rings. The van der Waals surface area contributed by atoms with Crippen LogP contribution in [0.3, 0.4) is 0 Å². The second-order valence-corrected chi connectivity index (χ2v) is 5.76. The van der Waals surface area contributed by atoms with E-state index in [2.05, 4.69) is 34.0 Å². The van der Waals surface area contributed by atoms with Crippen LogP contribution in [0.4, 0.5) is 0 Å². The van der Waals surface area contributed by atoms with E-state index in [1.54, 1.807) is 6.20 Å². The molecule has 21 heavy (non-hydrogen) atoms. The van der Waals surface area contributed by atoms with Gasteiger partial charge in [0.2, 0.25) is 0 Å². The topological polar surface area (TPSA) is 90.7 Å². The summed E-state index contributed by atoms with van der Waals surface area (Å²) in [6, 6.07) is 0. The Balaban J connectivity index is 0.00000161. The molecule has 0 aliphatic heterocycles. The van der Waals surface area contributed by atoms with Gasteiger partial charge in [0, 0.05) is 6.20 Å². The van der Waals surface area contributed by atoms with Crippen molar-refractivity contribution < 1.29 is 4.52 Å². The molecule has 0 spiro atoms. The van der Waals surface area contributed by atoms with Gasteiger partial charge in [-0.1, -0.05) is 31.8 Å². The molecule has 0 radical (unpaired) electrons. The van der Waals surface area contributed by atoms with Gasteiger partial charge >= 0.3 is 0 Å². The van der Waals surface area contributed by atoms with Crippen LogP contribution >= 0.6 is 12.4 Å². The van der Waals surface area contributed by atoms with Crippen molar-refractivity contribution >= 4 is 12.4 Å². The molecule has 0 amide bonds. The molecule has 114 valence electrons. The lowest BCUT2D eigenvalue weighted by molar-refractivity contribution is 0.372. The van der Waals surface area contributed by atoms with Crippen molar-refractivity contribution in [2.24, 2.45) is 5.73 Å². The van der Waals surface area contributed by atoms with E-state index in [0.717, 1.165) is 36.9 Å². The van der Waals surface area contributed by atoms with Crippen LogP contribution in [0.5, 0.6) is 0 Å². The Labute approximate surface area is 130 Å². The van der Waals surface area contributed by atoms with Crippen LogP contribution in [0, 0.1) is 0 Å². The van der Waals surface area contributed by atoms with Gasteiger partial charge in [0.1, 0.15) is 6.33 Å². The van der Waals surface area contributed by atoms with E-state index in [1.165, 1.54) is 6.33 Å². The minimum absolute atomic E-state index is 0. The van der Waals surface area contributed by atoms with E-state index in [4.69, 9.17) is 10.3 Å². The highest BCUT2D eigenvalue weighted by Crippen LogP contribution is 2.36. The second-order valence-electron chi connectivity index (χ2n) is 5.76. The SMILES string of the molecule is CC(C)c1ncncc1-c1nc(C2(N)CCCC2)no1.Cl. The van der Waals surface area contributed by atoms with Crippen molar-refractivity contribution in [3.8, 4) is 11.5 Å². The molecule has 1 aliphatic carbocycles. The largest absolute Gasteiger partial charge is 0.334 e. The van der Waals surface area contributed by atoms with Crippen LogP contribution in [-0.4, -0.2) is 20.1 Å². The van der Waals surface area contributed by atoms with E-state index in [9.17, 15) is 0 Å². The molecule has 1 fully saturated rings. The number of nitrogens with two attached hydrogens (primary N) is 1. The van der Waals surface area contributed by atoms with Crippen LogP contribution in [-0.2, 0) is 5.54 Å². The molecule has 2 aromatic heterocycles. The lowest BCUT2D eigenvalue weighted by atomic mass is 9.98. The predicted octanol–water partition coefficient (Wildman–Crippen LogP) is 2.80. The van der Waals surface area contributed by atoms with Gasteiger partial charge in [-0.15, -0.1) is 12.4 Å². The van der Waals surface area contributed by atoms with Crippen molar-refractivity contribution in [2.45, 2.75) is 51.0 Å². The van der Waals surface area contributed by atoms with Gasteiger partial charge in [-0.25, -0.2) is 9.97 Å². The standard InChI is InChI=1S/C14H19N5O.ClH/c1-9(2)11-10(7-16-8-17-11)12-18-13(19-20-12)14(15)5-3-4-6-14;/h7-9H,3-6,15H2,1-2H3;1H. The first kappa shape index (κ1) is 15.9. The van der Waals surface area contributed by atoms with E-state index in [-0.39, 0.29) is 18.3 Å². The van der Waals surface area contributed by atoms with Gasteiger partial charge in [0.05, 0.1) is 16.8 Å². The first-order chi connectivity index (χ1) is 9.60. The second kappa shape index (κ2) is 6.07. The van der Waals surface area contributed by atoms with Crippen LogP contribution in [0.15, 0.2) is 17.0 Å². The van der Waals surface area contributed by atoms with E-state index in [0.29, 0.717) is 11.7 Å². The molecule has 0 saturated heterocycles. The van der Waals surface area contributed by atoms with Gasteiger partial charge < -0.3 is 10.3 Å². The number of nitrogens with zero attached hydrogens (tertiary/aromatic N) is 4. The van der Waals surface area contributed by atoms with Gasteiger partial charge in [-0.2, -0.15) is 4.98 Å². The summed E-state index contributed by atoms with van der Waals surface area (Å²) in [6.45, 7) is 4.15. The lowest BCUT2D eigenvalue weighted by Crippen LogP contribution is -2.34. The molecular weight excluding hydrogens is 290 g/mol. The molecule has 3 rings (SSSR count). The van der Waals surface area contributed by atoms with Gasteiger partial charge in [-0.05, 0) is 18.8 Å². The number of halogens is 1. The summed E-state index contributed by atoms with van der Waals surface area (Å²) in [5.74, 6) is 1.33. The maximum atomic E-state index is 6.35. The fourth-order valence-electron chi connectivity index (χ4n) is 2.73. The third kappa shape index (κ3) is 2.91. The van der Waals surface area contributed by atoms with Crippen molar-refractivity contribution in [1.82, 2.24) is 20.1 Å². The summed E-state index contributed by atoms with van der Waals surface area (Å²) in [5.41, 5.74) is 7.62. The Bertz CT molecular complexity index is 607. The summed E-state index contributed by atoms with van der Waals surface area (Å²) in [4.78, 5) is 12.9. The quantitative estimate of drug-likeness (QED) is 0.937. The zero-order valence-electron chi connectivity index (χ0n) is 12.2. The average Bonchev–Trinajstić information content (AvgIpc) is 3.08. The predicted molar refractivity (Wildman–Crippen MR) is 81.0 cm³/mol. The normalized spacial score (nSPS) is 17.0. The van der Waals surface area contributed by atoms with Gasteiger partial charge in [0.15, 0.2) is 5.82 Å². The highest BCUT2D eigenvalue weighted by atomic mass is 35.5. The fourth-order valence-corrected chi connectivity index (χ4v) is 2.73. The maximum absolute atomic E-state index is 6.35. The zero-order valence-corrected chi connectivity index (χ0v) is 13.1. The minimum Gasteiger partial charge on any atom is -0.334 e. The number of aromatic nitrogens is 4. The number of hydrogen-bond acceptors (Lipinski definition) is 6. The molecule has 0 bridgehead atoms. The van der Waals surface area contributed by atoms with Crippen molar-refractivity contribution in [3.63, 3.8) is 0 Å². The van der Waals surface area contributed by atoms with Crippen molar-refractivity contribution in [1.29, 1.82) is 0 Å². The first-order valence-electron chi connectivity index (χ1n) is 7.03. The smallest absolute Gasteiger partial charge is 0.261 e. The molecule has 1 saturated carbocycles. The molecule has 2 heterocycles. The fraction of sp³-hybridized carbons (Fsp3) is 0.571. The van der Waals surface area contributed by atoms with Crippen molar-refractivity contribution in [3.05, 3.63) is 24.0 Å². The van der Waals surface area contributed by atoms with E-state index >= 15 is 0 Å². The Morgan fingerprint density at radius 2 is 2.00 bits per heavy atom. The summed E-state index contributed by atoms with van der Waals surface area (Å²) in [6.07, 6.45) is 7.32. The number of hydrogen-bond donors (Lipinski definition) is 1. The average molecular weight is 310 g/mol. The molecular formula is C14H20ClN5O. The summed E-state index contributed by atoms with van der Waals surface area (Å²) in [7, 11) is 0. The zero-order chi connectivity index (χ0) is 14.2. The molecule has 7 heteroatoms. The van der Waals surface area contributed by atoms with E-state index in [1.807, 2.05) is 0 Å². The van der Waals surface area contributed by atoms with Gasteiger partial charge in [-0.3, -0.25) is 0 Å². The third-order valence-electron chi connectivity index (χ3n) is 3.89. The molecule has 0 atom stereocenters. The van der Waals surface area contributed by atoms with Crippen LogP contribution in [0.2, 0.25) is 0 Å². The Morgan fingerprint density at radius 3 is 2.67 bits per heavy atom. The molecule has 0 unspecified atom stereocenters. The van der Waals surface area contributed by atoms with E-state index < -0.39 is 5.54 Å². The Hall–Kier alpha value is -1.53.